The summed E-state index contributed by atoms with van der Waals surface area (Å²) in [6, 6.07) is 15.9. The molecule has 3 aromatic heterocycles. The molecule has 0 saturated heterocycles. The first-order valence-corrected chi connectivity index (χ1v) is 11.5. The van der Waals surface area contributed by atoms with Crippen molar-refractivity contribution in [3.8, 4) is 5.69 Å². The molecule has 2 aromatic carbocycles. The molecule has 0 spiro atoms. The lowest BCUT2D eigenvalue weighted by Crippen LogP contribution is -2.32. The molecule has 1 unspecified atom stereocenters. The fraction of sp³-hybridized carbons (Fsp3) is 0.111. The number of pyridine rings is 1. The first-order chi connectivity index (χ1) is 18.1. The Hall–Kier alpha value is -4.93. The van der Waals surface area contributed by atoms with Crippen molar-refractivity contribution in [2.45, 2.75) is 19.1 Å². The number of fused-ring (bicyclic) bond motifs is 2. The number of carbonyl (C=O) groups excluding carboxylic acids is 1. The molecule has 1 amide bonds. The van der Waals surface area contributed by atoms with Crippen molar-refractivity contribution >= 4 is 34.2 Å². The van der Waals surface area contributed by atoms with Crippen LogP contribution in [-0.2, 0) is 0 Å². The molecule has 5 rings (SSSR count). The Morgan fingerprint density at radius 1 is 1.11 bits per heavy atom. The topological polar surface area (TPSA) is 107 Å². The summed E-state index contributed by atoms with van der Waals surface area (Å²) in [6.45, 7) is 1.70. The molecule has 0 saturated carbocycles. The third-order valence-electron chi connectivity index (χ3n) is 6.01. The van der Waals surface area contributed by atoms with Gasteiger partial charge in [0, 0.05) is 29.9 Å². The number of hydrogen-bond acceptors (Lipinski definition) is 5. The van der Waals surface area contributed by atoms with Gasteiger partial charge >= 0.3 is 6.18 Å². The lowest BCUT2D eigenvalue weighted by Gasteiger charge is -2.21. The van der Waals surface area contributed by atoms with Gasteiger partial charge in [-0.05, 0) is 48.2 Å². The summed E-state index contributed by atoms with van der Waals surface area (Å²) in [5.41, 5.74) is 6.86. The van der Waals surface area contributed by atoms with Gasteiger partial charge in [-0.15, -0.1) is 5.10 Å². The lowest BCUT2D eigenvalue weighted by atomic mass is 10.0. The summed E-state index contributed by atoms with van der Waals surface area (Å²) in [6.07, 6.45) is -0.434. The van der Waals surface area contributed by atoms with E-state index in [4.69, 9.17) is 5.73 Å². The van der Waals surface area contributed by atoms with Gasteiger partial charge in [0.05, 0.1) is 11.4 Å². The van der Waals surface area contributed by atoms with Crippen LogP contribution in [0.15, 0.2) is 83.9 Å². The minimum absolute atomic E-state index is 0.00606. The van der Waals surface area contributed by atoms with Crippen molar-refractivity contribution in [1.82, 2.24) is 24.5 Å². The fourth-order valence-corrected chi connectivity index (χ4v) is 4.36. The molecule has 3 heterocycles. The van der Waals surface area contributed by atoms with Crippen molar-refractivity contribution in [2.75, 3.05) is 5.73 Å². The zero-order valence-corrected chi connectivity index (χ0v) is 20.0. The van der Waals surface area contributed by atoms with Gasteiger partial charge in [-0.2, -0.15) is 13.2 Å². The van der Waals surface area contributed by atoms with Crippen LogP contribution < -0.4 is 16.6 Å². The number of anilines is 1. The van der Waals surface area contributed by atoms with E-state index in [1.54, 1.807) is 67.7 Å². The van der Waals surface area contributed by atoms with Gasteiger partial charge in [0.2, 0.25) is 0 Å². The van der Waals surface area contributed by atoms with E-state index in [0.717, 1.165) is 6.08 Å². The molecule has 8 nitrogen and oxygen atoms in total. The van der Waals surface area contributed by atoms with Gasteiger partial charge in [0.15, 0.2) is 11.5 Å². The summed E-state index contributed by atoms with van der Waals surface area (Å²) in [5, 5.41) is 7.52. The maximum Gasteiger partial charge on any atom is 0.409 e. The summed E-state index contributed by atoms with van der Waals surface area (Å²) >= 11 is 0. The second-order valence-corrected chi connectivity index (χ2v) is 8.57. The number of para-hydroxylation sites is 1. The first kappa shape index (κ1) is 24.8. The van der Waals surface area contributed by atoms with Crippen LogP contribution in [0.5, 0.6) is 0 Å². The minimum Gasteiger partial charge on any atom is -0.381 e. The van der Waals surface area contributed by atoms with Crippen LogP contribution in [0.25, 0.3) is 28.2 Å². The zero-order valence-electron chi connectivity index (χ0n) is 20.0. The van der Waals surface area contributed by atoms with Gasteiger partial charge in [0.1, 0.15) is 5.56 Å². The second-order valence-electron chi connectivity index (χ2n) is 8.57. The van der Waals surface area contributed by atoms with Crippen molar-refractivity contribution in [3.63, 3.8) is 0 Å². The summed E-state index contributed by atoms with van der Waals surface area (Å²) < 4.78 is 41.4. The average Bonchev–Trinajstić information content (AvgIpc) is 3.23. The molecule has 0 aliphatic rings. The fourth-order valence-electron chi connectivity index (χ4n) is 4.36. The first-order valence-electron chi connectivity index (χ1n) is 11.5. The summed E-state index contributed by atoms with van der Waals surface area (Å²) in [7, 11) is 0. The molecule has 0 bridgehead atoms. The number of nitrogens with two attached hydrogens (primary N) is 1. The molecular formula is C27H21F3N6O2. The third kappa shape index (κ3) is 4.61. The van der Waals surface area contributed by atoms with Gasteiger partial charge in [0.25, 0.3) is 11.5 Å². The van der Waals surface area contributed by atoms with E-state index < -0.39 is 23.7 Å². The Kier molecular flexibility index (Phi) is 6.19. The highest BCUT2D eigenvalue weighted by molar-refractivity contribution is 6.04. The quantitative estimate of drug-likeness (QED) is 0.351. The van der Waals surface area contributed by atoms with Gasteiger partial charge in [-0.25, -0.2) is 9.50 Å². The van der Waals surface area contributed by atoms with E-state index in [1.807, 2.05) is 0 Å². The van der Waals surface area contributed by atoms with Crippen molar-refractivity contribution in [2.24, 2.45) is 0 Å². The second kappa shape index (κ2) is 9.51. The highest BCUT2D eigenvalue weighted by Gasteiger charge is 2.25. The van der Waals surface area contributed by atoms with E-state index in [2.05, 4.69) is 15.4 Å². The monoisotopic (exact) mass is 518 g/mol. The minimum atomic E-state index is -4.53. The van der Waals surface area contributed by atoms with Gasteiger partial charge in [-0.1, -0.05) is 36.4 Å². The summed E-state index contributed by atoms with van der Waals surface area (Å²) in [4.78, 5) is 31.3. The molecule has 0 aliphatic heterocycles. The Balaban J connectivity index is 1.65. The van der Waals surface area contributed by atoms with Crippen molar-refractivity contribution in [3.05, 3.63) is 106 Å². The molecule has 0 fully saturated rings. The smallest absolute Gasteiger partial charge is 0.381 e. The van der Waals surface area contributed by atoms with Crippen molar-refractivity contribution in [1.29, 1.82) is 0 Å². The predicted molar refractivity (Wildman–Crippen MR) is 138 cm³/mol. The molecule has 0 radical (unpaired) electrons. The Bertz CT molecular complexity index is 1760. The van der Waals surface area contributed by atoms with Crippen LogP contribution in [0.3, 0.4) is 0 Å². The van der Waals surface area contributed by atoms with E-state index in [1.165, 1.54) is 21.3 Å². The van der Waals surface area contributed by atoms with Crippen molar-refractivity contribution < 1.29 is 18.0 Å². The van der Waals surface area contributed by atoms with E-state index in [0.29, 0.717) is 16.8 Å². The lowest BCUT2D eigenvalue weighted by molar-refractivity contribution is -0.0790. The van der Waals surface area contributed by atoms with Crippen LogP contribution in [0, 0.1) is 0 Å². The number of carbonyl (C=O) groups is 1. The average molecular weight is 518 g/mol. The number of nitrogens with one attached hydrogen (secondary N) is 1. The highest BCUT2D eigenvalue weighted by atomic mass is 19.4. The maximum absolute atomic E-state index is 13.8. The number of hydrogen-bond donors (Lipinski definition) is 2. The number of amides is 1. The third-order valence-corrected chi connectivity index (χ3v) is 6.01. The highest BCUT2D eigenvalue weighted by Crippen LogP contribution is 2.26. The van der Waals surface area contributed by atoms with E-state index in [9.17, 15) is 22.8 Å². The molecular weight excluding hydrogens is 497 g/mol. The predicted octanol–water partition coefficient (Wildman–Crippen LogP) is 4.68. The van der Waals surface area contributed by atoms with Crippen LogP contribution in [0.4, 0.5) is 19.0 Å². The molecule has 38 heavy (non-hydrogen) atoms. The van der Waals surface area contributed by atoms with Crippen LogP contribution in [0.1, 0.15) is 34.6 Å². The number of nitrogens with zero attached hydrogens (tertiary/aromatic N) is 4. The van der Waals surface area contributed by atoms with Crippen LogP contribution in [-0.4, -0.2) is 31.2 Å². The Morgan fingerprint density at radius 2 is 1.87 bits per heavy atom. The number of rotatable bonds is 5. The SMILES string of the molecule is CC(NC(=O)c1c(N)nn2cccnc12)c1cc2cccc(C=CC(F)(F)F)c2c(=O)n1-c1ccccc1. The Labute approximate surface area is 213 Å². The number of alkyl halides is 3. The number of benzene rings is 2. The van der Waals surface area contributed by atoms with E-state index >= 15 is 0 Å². The molecule has 0 aliphatic carbocycles. The summed E-state index contributed by atoms with van der Waals surface area (Å²) in [5.74, 6) is -0.550. The molecule has 5 aromatic rings. The largest absolute Gasteiger partial charge is 0.409 e. The molecule has 11 heteroatoms. The molecule has 192 valence electrons. The molecule has 1 atom stereocenters. The number of halogens is 3. The Morgan fingerprint density at radius 3 is 2.61 bits per heavy atom. The molecule has 3 N–H and O–H groups in total. The van der Waals surface area contributed by atoms with Crippen LogP contribution in [0.2, 0.25) is 0 Å². The van der Waals surface area contributed by atoms with E-state index in [-0.39, 0.29) is 34.1 Å². The number of allylic oxidation sites excluding steroid dienone is 1. The van der Waals surface area contributed by atoms with Gasteiger partial charge in [-0.3, -0.25) is 14.2 Å². The number of aromatic nitrogens is 4. The normalized spacial score (nSPS) is 12.8. The van der Waals surface area contributed by atoms with Gasteiger partial charge < -0.3 is 11.1 Å². The maximum atomic E-state index is 13.8. The van der Waals surface area contributed by atoms with Crippen LogP contribution >= 0.6 is 0 Å². The standard InChI is InChI=1S/C27H21F3N6O2/c1-16(33-25(37)22-23(31)34-35-14-6-13-32-24(22)35)20-15-18-8-5-7-17(11-12-27(28,29)30)21(18)26(38)36(20)19-9-3-2-4-10-19/h2-16H,1H3,(H2,31,34)(H,33,37). The number of nitrogen functional groups attached to an aromatic ring is 1. The zero-order chi connectivity index (χ0) is 27.0.